The Bertz CT molecular complexity index is 465. The van der Waals surface area contributed by atoms with E-state index in [1.807, 2.05) is 29.2 Å². The summed E-state index contributed by atoms with van der Waals surface area (Å²) < 4.78 is 5.76. The van der Waals surface area contributed by atoms with Crippen molar-refractivity contribution in [1.29, 1.82) is 0 Å². The number of halogens is 1. The largest absolute Gasteiger partial charge is 0.492 e. The highest BCUT2D eigenvalue weighted by atomic mass is 35.5. The second kappa shape index (κ2) is 6.95. The second-order valence-corrected chi connectivity index (χ2v) is 5.73. The molecule has 1 aliphatic heterocycles. The maximum absolute atomic E-state index is 11.9. The Morgan fingerprint density at radius 3 is 3.00 bits per heavy atom. The van der Waals surface area contributed by atoms with Gasteiger partial charge in [-0.1, -0.05) is 23.7 Å². The van der Waals surface area contributed by atoms with E-state index in [0.717, 1.165) is 19.4 Å². The van der Waals surface area contributed by atoms with E-state index in [-0.39, 0.29) is 5.91 Å². The minimum absolute atomic E-state index is 0.0208. The number of nitrogens with two attached hydrogens (primary N) is 1. The average Bonchev–Trinajstić information content (AvgIpc) is 2.46. The SMILES string of the molecule is C[C@@H](N)C(=O)N1CCC[C@@H](COc2ccccc2Cl)C1. The van der Waals surface area contributed by atoms with Gasteiger partial charge in [0, 0.05) is 19.0 Å². The van der Waals surface area contributed by atoms with Gasteiger partial charge in [-0.15, -0.1) is 0 Å². The van der Waals surface area contributed by atoms with Gasteiger partial charge in [-0.3, -0.25) is 4.79 Å². The summed E-state index contributed by atoms with van der Waals surface area (Å²) in [5, 5.41) is 0.617. The summed E-state index contributed by atoms with van der Waals surface area (Å²) in [6, 6.07) is 7.00. The summed E-state index contributed by atoms with van der Waals surface area (Å²) in [4.78, 5) is 13.8. The second-order valence-electron chi connectivity index (χ2n) is 5.32. The highest BCUT2D eigenvalue weighted by molar-refractivity contribution is 6.32. The lowest BCUT2D eigenvalue weighted by Crippen LogP contribution is -2.47. The number of likely N-dealkylation sites (tertiary alicyclic amines) is 1. The van der Waals surface area contributed by atoms with E-state index in [4.69, 9.17) is 22.1 Å². The summed E-state index contributed by atoms with van der Waals surface area (Å²) >= 11 is 6.06. The van der Waals surface area contributed by atoms with Crippen LogP contribution in [0.15, 0.2) is 24.3 Å². The predicted molar refractivity (Wildman–Crippen MR) is 79.9 cm³/mol. The molecule has 0 unspecified atom stereocenters. The molecule has 4 nitrogen and oxygen atoms in total. The minimum atomic E-state index is -0.432. The highest BCUT2D eigenvalue weighted by Crippen LogP contribution is 2.25. The summed E-state index contributed by atoms with van der Waals surface area (Å²) in [5.41, 5.74) is 5.66. The molecule has 1 heterocycles. The van der Waals surface area contributed by atoms with Crippen molar-refractivity contribution in [2.45, 2.75) is 25.8 Å². The topological polar surface area (TPSA) is 55.6 Å². The molecule has 20 heavy (non-hydrogen) atoms. The molecule has 0 aromatic heterocycles. The zero-order chi connectivity index (χ0) is 14.5. The quantitative estimate of drug-likeness (QED) is 0.927. The van der Waals surface area contributed by atoms with Crippen molar-refractivity contribution in [3.8, 4) is 5.75 Å². The molecule has 5 heteroatoms. The predicted octanol–water partition coefficient (Wildman–Crippen LogP) is 2.30. The van der Waals surface area contributed by atoms with Gasteiger partial charge in [0.2, 0.25) is 5.91 Å². The minimum Gasteiger partial charge on any atom is -0.492 e. The number of rotatable bonds is 4. The first kappa shape index (κ1) is 15.1. The van der Waals surface area contributed by atoms with Crippen LogP contribution in [0.4, 0.5) is 0 Å². The molecular formula is C15H21ClN2O2. The Balaban J connectivity index is 1.87. The highest BCUT2D eigenvalue weighted by Gasteiger charge is 2.25. The maximum Gasteiger partial charge on any atom is 0.239 e. The van der Waals surface area contributed by atoms with Crippen molar-refractivity contribution in [2.75, 3.05) is 19.7 Å². The number of carbonyl (C=O) groups is 1. The third-order valence-electron chi connectivity index (χ3n) is 3.53. The third kappa shape index (κ3) is 3.87. The maximum atomic E-state index is 11.9. The number of carbonyl (C=O) groups excluding carboxylic acids is 1. The molecular weight excluding hydrogens is 276 g/mol. The van der Waals surface area contributed by atoms with Crippen LogP contribution in [-0.4, -0.2) is 36.5 Å². The van der Waals surface area contributed by atoms with Gasteiger partial charge in [0.15, 0.2) is 0 Å². The number of hydrogen-bond donors (Lipinski definition) is 1. The molecule has 1 aromatic rings. The van der Waals surface area contributed by atoms with Crippen molar-refractivity contribution in [3.05, 3.63) is 29.3 Å². The molecule has 2 atom stereocenters. The van der Waals surface area contributed by atoms with Gasteiger partial charge in [0.05, 0.1) is 17.7 Å². The van der Waals surface area contributed by atoms with E-state index in [2.05, 4.69) is 0 Å². The van der Waals surface area contributed by atoms with Crippen molar-refractivity contribution < 1.29 is 9.53 Å². The van der Waals surface area contributed by atoms with Crippen molar-refractivity contribution >= 4 is 17.5 Å². The van der Waals surface area contributed by atoms with Gasteiger partial charge < -0.3 is 15.4 Å². The molecule has 1 saturated heterocycles. The molecule has 0 radical (unpaired) electrons. The summed E-state index contributed by atoms with van der Waals surface area (Å²) in [6.07, 6.45) is 2.06. The molecule has 0 aliphatic carbocycles. The van der Waals surface area contributed by atoms with Gasteiger partial charge in [-0.2, -0.15) is 0 Å². The summed E-state index contributed by atoms with van der Waals surface area (Å²) in [5.74, 6) is 1.06. The number of ether oxygens (including phenoxy) is 1. The standard InChI is InChI=1S/C15H21ClN2O2/c1-11(17)15(19)18-8-4-5-12(9-18)10-20-14-7-3-2-6-13(14)16/h2-3,6-7,11-12H,4-5,8-10,17H2,1H3/t11-,12-/m1/s1. The van der Waals surface area contributed by atoms with E-state index >= 15 is 0 Å². The summed E-state index contributed by atoms with van der Waals surface area (Å²) in [6.45, 7) is 3.81. The lowest BCUT2D eigenvalue weighted by Gasteiger charge is -2.33. The van der Waals surface area contributed by atoms with Crippen LogP contribution in [0, 0.1) is 5.92 Å². The van der Waals surface area contributed by atoms with E-state index in [0.29, 0.717) is 29.8 Å². The Labute approximate surface area is 124 Å². The lowest BCUT2D eigenvalue weighted by molar-refractivity contribution is -0.134. The van der Waals surface area contributed by atoms with Crippen LogP contribution < -0.4 is 10.5 Å². The van der Waals surface area contributed by atoms with Gasteiger partial charge in [0.25, 0.3) is 0 Å². The first-order valence-electron chi connectivity index (χ1n) is 6.99. The number of benzene rings is 1. The zero-order valence-corrected chi connectivity index (χ0v) is 12.5. The van der Waals surface area contributed by atoms with Crippen molar-refractivity contribution in [2.24, 2.45) is 11.7 Å². The fourth-order valence-electron chi connectivity index (χ4n) is 2.46. The smallest absolute Gasteiger partial charge is 0.239 e. The van der Waals surface area contributed by atoms with Crippen LogP contribution in [0.25, 0.3) is 0 Å². The average molecular weight is 297 g/mol. The van der Waals surface area contributed by atoms with E-state index in [1.165, 1.54) is 0 Å². The van der Waals surface area contributed by atoms with Gasteiger partial charge in [-0.25, -0.2) is 0 Å². The third-order valence-corrected chi connectivity index (χ3v) is 3.84. The molecule has 0 spiro atoms. The fraction of sp³-hybridized carbons (Fsp3) is 0.533. The molecule has 1 aliphatic rings. The number of amides is 1. The van der Waals surface area contributed by atoms with Gasteiger partial charge >= 0.3 is 0 Å². The number of piperidine rings is 1. The summed E-state index contributed by atoms with van der Waals surface area (Å²) in [7, 11) is 0. The molecule has 110 valence electrons. The van der Waals surface area contributed by atoms with Crippen LogP contribution in [-0.2, 0) is 4.79 Å². The van der Waals surface area contributed by atoms with Crippen molar-refractivity contribution in [3.63, 3.8) is 0 Å². The Morgan fingerprint density at radius 2 is 2.30 bits per heavy atom. The molecule has 0 saturated carbocycles. The van der Waals surface area contributed by atoms with E-state index < -0.39 is 6.04 Å². The van der Waals surface area contributed by atoms with Crippen LogP contribution in [0.5, 0.6) is 5.75 Å². The van der Waals surface area contributed by atoms with Gasteiger partial charge in [0.1, 0.15) is 5.75 Å². The Morgan fingerprint density at radius 1 is 1.55 bits per heavy atom. The number of para-hydroxylation sites is 1. The van der Waals surface area contributed by atoms with E-state index in [9.17, 15) is 4.79 Å². The monoisotopic (exact) mass is 296 g/mol. The lowest BCUT2D eigenvalue weighted by atomic mass is 9.98. The van der Waals surface area contributed by atoms with Crippen molar-refractivity contribution in [1.82, 2.24) is 4.90 Å². The fourth-order valence-corrected chi connectivity index (χ4v) is 2.65. The first-order valence-corrected chi connectivity index (χ1v) is 7.37. The molecule has 1 aromatic carbocycles. The Kier molecular flexibility index (Phi) is 5.26. The van der Waals surface area contributed by atoms with Crippen LogP contribution in [0.1, 0.15) is 19.8 Å². The van der Waals surface area contributed by atoms with Crippen LogP contribution in [0.2, 0.25) is 5.02 Å². The molecule has 1 amide bonds. The molecule has 2 N–H and O–H groups in total. The number of nitrogens with zero attached hydrogens (tertiary/aromatic N) is 1. The van der Waals surface area contributed by atoms with E-state index in [1.54, 1.807) is 6.92 Å². The van der Waals surface area contributed by atoms with Gasteiger partial charge in [-0.05, 0) is 31.9 Å². The number of hydrogen-bond acceptors (Lipinski definition) is 3. The molecule has 2 rings (SSSR count). The molecule has 1 fully saturated rings. The van der Waals surface area contributed by atoms with Crippen LogP contribution in [0.3, 0.4) is 0 Å². The first-order chi connectivity index (χ1) is 9.58. The molecule has 0 bridgehead atoms. The Hall–Kier alpha value is -1.26. The van der Waals surface area contributed by atoms with Crippen LogP contribution >= 0.6 is 11.6 Å². The normalized spacial score (nSPS) is 20.6. The zero-order valence-electron chi connectivity index (χ0n) is 11.7.